The maximum absolute atomic E-state index is 11.7. The molecule has 0 aromatic heterocycles. The number of anilines is 1. The van der Waals surface area contributed by atoms with Crippen molar-refractivity contribution in [2.24, 2.45) is 5.73 Å². The summed E-state index contributed by atoms with van der Waals surface area (Å²) in [5.74, 6) is 0.483. The Labute approximate surface area is 167 Å². The molecule has 0 radical (unpaired) electrons. The largest absolute Gasteiger partial charge is 0.495 e. The van der Waals surface area contributed by atoms with Crippen LogP contribution in [0.4, 0.5) is 5.69 Å². The molecule has 0 spiro atoms. The van der Waals surface area contributed by atoms with Crippen LogP contribution < -0.4 is 15.4 Å². The topological polar surface area (TPSA) is 58.8 Å². The summed E-state index contributed by atoms with van der Waals surface area (Å²) in [7, 11) is 1.73. The molecule has 2 saturated heterocycles. The number of primary amides is 1. The van der Waals surface area contributed by atoms with Crippen LogP contribution in [0, 0.1) is 6.92 Å². The number of nitrogens with zero attached hydrogens (tertiary/aromatic N) is 2. The molecule has 1 atom stereocenters. The highest BCUT2D eigenvalue weighted by Crippen LogP contribution is 2.37. The van der Waals surface area contributed by atoms with Gasteiger partial charge in [-0.15, -0.1) is 0 Å². The summed E-state index contributed by atoms with van der Waals surface area (Å²) in [6.07, 6.45) is 3.88. The van der Waals surface area contributed by atoms with Crippen molar-refractivity contribution in [1.82, 2.24) is 4.90 Å². The zero-order valence-electron chi connectivity index (χ0n) is 16.8. The Bertz CT molecular complexity index is 874. The Kier molecular flexibility index (Phi) is 5.27. The van der Waals surface area contributed by atoms with Crippen LogP contribution in [0.25, 0.3) is 11.1 Å². The molecule has 2 aliphatic heterocycles. The van der Waals surface area contributed by atoms with Gasteiger partial charge in [0.1, 0.15) is 5.75 Å². The van der Waals surface area contributed by atoms with Gasteiger partial charge in [0.25, 0.3) is 0 Å². The van der Waals surface area contributed by atoms with Gasteiger partial charge in [0.2, 0.25) is 5.91 Å². The Hall–Kier alpha value is -2.53. The van der Waals surface area contributed by atoms with E-state index in [1.807, 2.05) is 19.1 Å². The van der Waals surface area contributed by atoms with Gasteiger partial charge in [0.15, 0.2) is 0 Å². The third-order valence-electron chi connectivity index (χ3n) is 6.25. The number of ether oxygens (including phenoxy) is 1. The van der Waals surface area contributed by atoms with Crippen molar-refractivity contribution < 1.29 is 9.53 Å². The maximum atomic E-state index is 11.7. The van der Waals surface area contributed by atoms with E-state index in [0.29, 0.717) is 11.6 Å². The van der Waals surface area contributed by atoms with Crippen LogP contribution in [0.1, 0.15) is 35.2 Å². The van der Waals surface area contributed by atoms with Crippen molar-refractivity contribution in [2.45, 2.75) is 32.2 Å². The van der Waals surface area contributed by atoms with Crippen molar-refractivity contribution in [3.8, 4) is 16.9 Å². The molecule has 5 nitrogen and oxygen atoms in total. The highest BCUT2D eigenvalue weighted by atomic mass is 16.5. The van der Waals surface area contributed by atoms with Crippen LogP contribution in [-0.2, 0) is 0 Å². The third kappa shape index (κ3) is 3.47. The van der Waals surface area contributed by atoms with E-state index < -0.39 is 5.91 Å². The molecule has 2 N–H and O–H groups in total. The van der Waals surface area contributed by atoms with E-state index in [0.717, 1.165) is 41.2 Å². The molecule has 5 heteroatoms. The number of hydrogen-bond acceptors (Lipinski definition) is 4. The molecular weight excluding hydrogens is 350 g/mol. The zero-order valence-corrected chi connectivity index (χ0v) is 16.8. The quantitative estimate of drug-likeness (QED) is 0.865. The first-order chi connectivity index (χ1) is 13.6. The van der Waals surface area contributed by atoms with Gasteiger partial charge in [0.05, 0.1) is 12.8 Å². The molecule has 2 aliphatic rings. The van der Waals surface area contributed by atoms with Crippen molar-refractivity contribution in [3.63, 3.8) is 0 Å². The average molecular weight is 380 g/mol. The smallest absolute Gasteiger partial charge is 0.248 e. The maximum Gasteiger partial charge on any atom is 0.248 e. The predicted octanol–water partition coefficient (Wildman–Crippen LogP) is 3.44. The SMILES string of the molecule is COc1cc(-c2cccc(C(N)=O)c2C)ccc1N1CC[C@@H](N2CCCC2)C1. The number of carbonyl (C=O) groups excluding carboxylic acids is 1. The van der Waals surface area contributed by atoms with Crippen LogP contribution in [0.15, 0.2) is 36.4 Å². The second-order valence-electron chi connectivity index (χ2n) is 7.86. The first-order valence-corrected chi connectivity index (χ1v) is 10.2. The number of rotatable bonds is 5. The Morgan fingerprint density at radius 3 is 2.64 bits per heavy atom. The fourth-order valence-corrected chi connectivity index (χ4v) is 4.69. The van der Waals surface area contributed by atoms with Gasteiger partial charge in [-0.05, 0) is 74.2 Å². The molecule has 0 unspecified atom stereocenters. The summed E-state index contributed by atoms with van der Waals surface area (Å²) in [6.45, 7) is 6.55. The Balaban J connectivity index is 1.61. The standard InChI is InChI=1S/C23H29N3O2/c1-16-19(6-5-7-20(16)23(24)27)17-8-9-21(22(14-17)28-2)26-13-10-18(15-26)25-11-3-4-12-25/h5-9,14,18H,3-4,10-13,15H2,1-2H3,(H2,24,27)/t18-/m1/s1. The second kappa shape index (κ2) is 7.84. The molecule has 0 aliphatic carbocycles. The minimum Gasteiger partial charge on any atom is -0.495 e. The minimum atomic E-state index is -0.395. The van der Waals surface area contributed by atoms with Crippen molar-refractivity contribution in [2.75, 3.05) is 38.2 Å². The van der Waals surface area contributed by atoms with Crippen LogP contribution >= 0.6 is 0 Å². The molecule has 1 amide bonds. The highest BCUT2D eigenvalue weighted by molar-refractivity contribution is 5.96. The second-order valence-corrected chi connectivity index (χ2v) is 7.86. The molecular formula is C23H29N3O2. The predicted molar refractivity (Wildman–Crippen MR) is 113 cm³/mol. The van der Waals surface area contributed by atoms with Gasteiger partial charge in [-0.3, -0.25) is 9.69 Å². The lowest BCUT2D eigenvalue weighted by atomic mass is 9.95. The monoisotopic (exact) mass is 379 g/mol. The van der Waals surface area contributed by atoms with E-state index in [2.05, 4.69) is 28.0 Å². The van der Waals surface area contributed by atoms with Gasteiger partial charge < -0.3 is 15.4 Å². The summed E-state index contributed by atoms with van der Waals surface area (Å²) in [5.41, 5.74) is 10.2. The molecule has 2 aromatic rings. The molecule has 2 aromatic carbocycles. The number of likely N-dealkylation sites (tertiary alicyclic amines) is 1. The highest BCUT2D eigenvalue weighted by Gasteiger charge is 2.30. The van der Waals surface area contributed by atoms with E-state index in [9.17, 15) is 4.79 Å². The van der Waals surface area contributed by atoms with Gasteiger partial charge in [-0.1, -0.05) is 18.2 Å². The lowest BCUT2D eigenvalue weighted by Gasteiger charge is -2.25. The van der Waals surface area contributed by atoms with Crippen molar-refractivity contribution >= 4 is 11.6 Å². The summed E-state index contributed by atoms with van der Waals surface area (Å²) < 4.78 is 5.75. The van der Waals surface area contributed by atoms with Crippen molar-refractivity contribution in [1.29, 1.82) is 0 Å². The van der Waals surface area contributed by atoms with E-state index in [1.165, 1.54) is 32.4 Å². The summed E-state index contributed by atoms with van der Waals surface area (Å²) in [4.78, 5) is 16.8. The first-order valence-electron chi connectivity index (χ1n) is 10.2. The van der Waals surface area contributed by atoms with E-state index in [1.54, 1.807) is 13.2 Å². The molecule has 28 heavy (non-hydrogen) atoms. The number of nitrogens with two attached hydrogens (primary N) is 1. The first kappa shape index (κ1) is 18.8. The number of amides is 1. The normalized spacial score (nSPS) is 19.9. The van der Waals surface area contributed by atoms with Crippen molar-refractivity contribution in [3.05, 3.63) is 47.5 Å². The van der Waals surface area contributed by atoms with Crippen LogP contribution in [0.5, 0.6) is 5.75 Å². The zero-order chi connectivity index (χ0) is 19.7. The fourth-order valence-electron chi connectivity index (χ4n) is 4.69. The number of hydrogen-bond donors (Lipinski definition) is 1. The van der Waals surface area contributed by atoms with E-state index in [-0.39, 0.29) is 0 Å². The Morgan fingerprint density at radius 2 is 1.93 bits per heavy atom. The minimum absolute atomic E-state index is 0.395. The molecule has 0 saturated carbocycles. The van der Waals surface area contributed by atoms with Crippen LogP contribution in [0.2, 0.25) is 0 Å². The molecule has 0 bridgehead atoms. The lowest BCUT2D eigenvalue weighted by molar-refractivity contribution is 0.1000. The van der Waals surface area contributed by atoms with Crippen LogP contribution in [-0.4, -0.2) is 50.1 Å². The van der Waals surface area contributed by atoms with E-state index in [4.69, 9.17) is 10.5 Å². The van der Waals surface area contributed by atoms with Gasteiger partial charge in [-0.25, -0.2) is 0 Å². The number of carbonyl (C=O) groups is 1. The van der Waals surface area contributed by atoms with E-state index >= 15 is 0 Å². The average Bonchev–Trinajstić information content (AvgIpc) is 3.39. The summed E-state index contributed by atoms with van der Waals surface area (Å²) in [6, 6.07) is 12.7. The number of methoxy groups -OCH3 is 1. The third-order valence-corrected chi connectivity index (χ3v) is 6.25. The van der Waals surface area contributed by atoms with Gasteiger partial charge in [-0.2, -0.15) is 0 Å². The molecule has 2 heterocycles. The Morgan fingerprint density at radius 1 is 1.14 bits per heavy atom. The molecule has 148 valence electrons. The molecule has 2 fully saturated rings. The number of benzene rings is 2. The fraction of sp³-hybridized carbons (Fsp3) is 0.435. The molecule has 4 rings (SSSR count). The lowest BCUT2D eigenvalue weighted by Crippen LogP contribution is -2.35. The summed E-state index contributed by atoms with van der Waals surface area (Å²) in [5, 5.41) is 0. The van der Waals surface area contributed by atoms with Gasteiger partial charge >= 0.3 is 0 Å². The van der Waals surface area contributed by atoms with Crippen LogP contribution in [0.3, 0.4) is 0 Å². The van der Waals surface area contributed by atoms with Gasteiger partial charge in [0, 0.05) is 24.7 Å². The summed E-state index contributed by atoms with van der Waals surface area (Å²) >= 11 is 0.